The second-order valence-corrected chi connectivity index (χ2v) is 6.62. The standard InChI is InChI=1S/C12H14O2S/c1-12(2,3)10-5-4-6-11-9(10)7-8-15(11,13)14/h4-8H,1-3H3. The first kappa shape index (κ1) is 10.4. The van der Waals surface area contributed by atoms with Crippen LogP contribution in [0.25, 0.3) is 6.08 Å². The van der Waals surface area contributed by atoms with Crippen molar-refractivity contribution < 1.29 is 8.42 Å². The molecule has 1 aromatic carbocycles. The molecule has 0 bridgehead atoms. The van der Waals surface area contributed by atoms with Crippen LogP contribution >= 0.6 is 0 Å². The monoisotopic (exact) mass is 222 g/mol. The van der Waals surface area contributed by atoms with E-state index in [0.717, 1.165) is 11.1 Å². The minimum absolute atomic E-state index is 0.0322. The molecule has 1 aliphatic heterocycles. The molecule has 80 valence electrons. The van der Waals surface area contributed by atoms with Crippen LogP contribution in [0.2, 0.25) is 0 Å². The van der Waals surface area contributed by atoms with Crippen LogP contribution in [-0.4, -0.2) is 8.42 Å². The molecule has 2 nitrogen and oxygen atoms in total. The third kappa shape index (κ3) is 1.61. The Hall–Kier alpha value is -1.09. The number of fused-ring (bicyclic) bond motifs is 1. The molecule has 0 amide bonds. The zero-order chi connectivity index (χ0) is 11.3. The third-order valence-corrected chi connectivity index (χ3v) is 4.06. The first-order valence-electron chi connectivity index (χ1n) is 4.89. The van der Waals surface area contributed by atoms with Crippen molar-refractivity contribution in [1.29, 1.82) is 0 Å². The van der Waals surface area contributed by atoms with Gasteiger partial charge in [-0.2, -0.15) is 0 Å². The van der Waals surface area contributed by atoms with Crippen molar-refractivity contribution in [1.82, 2.24) is 0 Å². The van der Waals surface area contributed by atoms with E-state index in [1.54, 1.807) is 12.1 Å². The van der Waals surface area contributed by atoms with Crippen molar-refractivity contribution in [2.45, 2.75) is 31.1 Å². The van der Waals surface area contributed by atoms with Crippen LogP contribution in [-0.2, 0) is 15.3 Å². The molecule has 0 saturated carbocycles. The third-order valence-electron chi connectivity index (χ3n) is 2.59. The van der Waals surface area contributed by atoms with Crippen molar-refractivity contribution in [2.24, 2.45) is 0 Å². The highest BCUT2D eigenvalue weighted by atomic mass is 32.2. The van der Waals surface area contributed by atoms with E-state index in [9.17, 15) is 8.42 Å². The molecule has 15 heavy (non-hydrogen) atoms. The predicted octanol–water partition coefficient (Wildman–Crippen LogP) is 2.74. The summed E-state index contributed by atoms with van der Waals surface area (Å²) in [5, 5.41) is 1.28. The van der Waals surface area contributed by atoms with Gasteiger partial charge in [-0.05, 0) is 28.7 Å². The summed E-state index contributed by atoms with van der Waals surface area (Å²) in [5.41, 5.74) is 1.90. The summed E-state index contributed by atoms with van der Waals surface area (Å²) in [6.45, 7) is 6.25. The van der Waals surface area contributed by atoms with Crippen molar-refractivity contribution in [3.05, 3.63) is 34.7 Å². The second kappa shape index (κ2) is 2.95. The molecule has 3 heteroatoms. The van der Waals surface area contributed by atoms with Gasteiger partial charge in [-0.1, -0.05) is 32.9 Å². The number of rotatable bonds is 0. The SMILES string of the molecule is CC(C)(C)c1cccc2c1C=CS2(=O)=O. The number of hydrogen-bond acceptors (Lipinski definition) is 2. The molecule has 0 aromatic heterocycles. The van der Waals surface area contributed by atoms with E-state index in [1.807, 2.05) is 12.1 Å². The van der Waals surface area contributed by atoms with Crippen LogP contribution in [0, 0.1) is 0 Å². The minimum atomic E-state index is -3.17. The van der Waals surface area contributed by atoms with Gasteiger partial charge >= 0.3 is 0 Å². The van der Waals surface area contributed by atoms with Crippen molar-refractivity contribution >= 4 is 15.9 Å². The zero-order valence-corrected chi connectivity index (χ0v) is 9.93. The lowest BCUT2D eigenvalue weighted by molar-refractivity contribution is 0.585. The average Bonchev–Trinajstić information content (AvgIpc) is 2.41. The molecule has 1 heterocycles. The topological polar surface area (TPSA) is 34.1 Å². The molecule has 0 atom stereocenters. The van der Waals surface area contributed by atoms with Gasteiger partial charge in [0.2, 0.25) is 0 Å². The Balaban J connectivity index is 2.76. The molecule has 0 radical (unpaired) electrons. The molecule has 0 fully saturated rings. The molecule has 2 rings (SSSR count). The zero-order valence-electron chi connectivity index (χ0n) is 9.11. The van der Waals surface area contributed by atoms with Gasteiger partial charge in [0, 0.05) is 5.41 Å². The van der Waals surface area contributed by atoms with E-state index < -0.39 is 9.84 Å². The average molecular weight is 222 g/mol. The molecule has 0 aliphatic carbocycles. The first-order chi connectivity index (χ1) is 6.82. The molecular weight excluding hydrogens is 208 g/mol. The molecule has 0 saturated heterocycles. The lowest BCUT2D eigenvalue weighted by atomic mass is 9.84. The Morgan fingerprint density at radius 2 is 1.80 bits per heavy atom. The van der Waals surface area contributed by atoms with Gasteiger partial charge in [-0.3, -0.25) is 0 Å². The van der Waals surface area contributed by atoms with Crippen LogP contribution in [0.3, 0.4) is 0 Å². The van der Waals surface area contributed by atoms with Gasteiger partial charge in [0.1, 0.15) is 0 Å². The Morgan fingerprint density at radius 1 is 1.13 bits per heavy atom. The summed E-state index contributed by atoms with van der Waals surface area (Å²) in [7, 11) is -3.17. The van der Waals surface area contributed by atoms with E-state index in [1.165, 1.54) is 5.41 Å². The number of benzene rings is 1. The fourth-order valence-corrected chi connectivity index (χ4v) is 3.06. The van der Waals surface area contributed by atoms with Crippen LogP contribution in [0.1, 0.15) is 31.9 Å². The molecular formula is C12H14O2S. The molecule has 0 spiro atoms. The lowest BCUT2D eigenvalue weighted by Crippen LogP contribution is -2.13. The van der Waals surface area contributed by atoms with Crippen LogP contribution < -0.4 is 0 Å². The highest BCUT2D eigenvalue weighted by molar-refractivity contribution is 7.94. The van der Waals surface area contributed by atoms with Gasteiger partial charge in [-0.25, -0.2) is 8.42 Å². The molecule has 1 aromatic rings. The maximum atomic E-state index is 11.6. The Bertz CT molecular complexity index is 531. The van der Waals surface area contributed by atoms with Crippen molar-refractivity contribution in [2.75, 3.05) is 0 Å². The quantitative estimate of drug-likeness (QED) is 0.676. The van der Waals surface area contributed by atoms with E-state index in [2.05, 4.69) is 20.8 Å². The molecule has 0 unspecified atom stereocenters. The van der Waals surface area contributed by atoms with E-state index >= 15 is 0 Å². The van der Waals surface area contributed by atoms with Gasteiger partial charge in [0.15, 0.2) is 9.84 Å². The largest absolute Gasteiger partial charge is 0.219 e. The molecule has 1 aliphatic rings. The maximum absolute atomic E-state index is 11.6. The van der Waals surface area contributed by atoms with Gasteiger partial charge in [-0.15, -0.1) is 0 Å². The van der Waals surface area contributed by atoms with Gasteiger partial charge in [0.25, 0.3) is 0 Å². The highest BCUT2D eigenvalue weighted by Crippen LogP contribution is 2.35. The fraction of sp³-hybridized carbons (Fsp3) is 0.333. The van der Waals surface area contributed by atoms with Gasteiger partial charge in [0.05, 0.1) is 4.90 Å². The Kier molecular flexibility index (Phi) is 2.05. The summed E-state index contributed by atoms with van der Waals surface area (Å²) < 4.78 is 23.3. The van der Waals surface area contributed by atoms with Crippen molar-refractivity contribution in [3.63, 3.8) is 0 Å². The summed E-state index contributed by atoms with van der Waals surface area (Å²) in [6.07, 6.45) is 1.70. The highest BCUT2D eigenvalue weighted by Gasteiger charge is 2.26. The lowest BCUT2D eigenvalue weighted by Gasteiger charge is -2.21. The van der Waals surface area contributed by atoms with E-state index in [-0.39, 0.29) is 5.41 Å². The first-order valence-corrected chi connectivity index (χ1v) is 6.44. The van der Waals surface area contributed by atoms with Crippen LogP contribution in [0.5, 0.6) is 0 Å². The molecule has 0 N–H and O–H groups in total. The van der Waals surface area contributed by atoms with E-state index in [4.69, 9.17) is 0 Å². The summed E-state index contributed by atoms with van der Waals surface area (Å²) in [6, 6.07) is 5.47. The summed E-state index contributed by atoms with van der Waals surface area (Å²) in [4.78, 5) is 0.440. The fourth-order valence-electron chi connectivity index (χ4n) is 1.85. The Labute approximate surface area is 90.6 Å². The van der Waals surface area contributed by atoms with E-state index in [0.29, 0.717) is 4.90 Å². The van der Waals surface area contributed by atoms with Gasteiger partial charge < -0.3 is 0 Å². The normalized spacial score (nSPS) is 17.8. The summed E-state index contributed by atoms with van der Waals surface area (Å²) in [5.74, 6) is 0. The maximum Gasteiger partial charge on any atom is 0.200 e. The second-order valence-electron chi connectivity index (χ2n) is 4.82. The minimum Gasteiger partial charge on any atom is -0.219 e. The smallest absolute Gasteiger partial charge is 0.200 e. The number of hydrogen-bond donors (Lipinski definition) is 0. The van der Waals surface area contributed by atoms with Crippen LogP contribution in [0.15, 0.2) is 28.5 Å². The number of sulfone groups is 1. The summed E-state index contributed by atoms with van der Waals surface area (Å²) >= 11 is 0. The van der Waals surface area contributed by atoms with Crippen LogP contribution in [0.4, 0.5) is 0 Å². The van der Waals surface area contributed by atoms with Crippen molar-refractivity contribution in [3.8, 4) is 0 Å². The predicted molar refractivity (Wildman–Crippen MR) is 61.4 cm³/mol. The Morgan fingerprint density at radius 3 is 2.40 bits per heavy atom.